The van der Waals surface area contributed by atoms with Gasteiger partial charge in [0.25, 0.3) is 0 Å². The molecule has 110 valence electrons. The molecule has 0 amide bonds. The molecule has 0 bridgehead atoms. The molecule has 6 N–H and O–H groups in total. The van der Waals surface area contributed by atoms with Crippen molar-refractivity contribution in [3.63, 3.8) is 0 Å². The number of guanidine groups is 1. The molecule has 1 rings (SSSR count). The summed E-state index contributed by atoms with van der Waals surface area (Å²) in [6.07, 6.45) is 0. The Hall–Kier alpha value is -2.64. The topological polar surface area (TPSA) is 131 Å². The number of hydrogen-bond acceptors (Lipinski definition) is 5. The van der Waals surface area contributed by atoms with Crippen LogP contribution < -0.4 is 25.9 Å². The van der Waals surface area contributed by atoms with Crippen molar-refractivity contribution < 1.29 is 29.1 Å². The van der Waals surface area contributed by atoms with Gasteiger partial charge in [0.1, 0.15) is 6.61 Å². The number of rotatable bonds is 6. The lowest BCUT2D eigenvalue weighted by molar-refractivity contribution is -0.461. The third-order valence-corrected chi connectivity index (χ3v) is 2.38. The average molecular weight is 284 g/mol. The molecule has 8 heteroatoms. The molecule has 0 heterocycles. The monoisotopic (exact) mass is 284 g/mol. The van der Waals surface area contributed by atoms with E-state index in [2.05, 4.69) is 4.99 Å². The summed E-state index contributed by atoms with van der Waals surface area (Å²) in [6, 6.07) is 2.72. The highest BCUT2D eigenvalue weighted by molar-refractivity contribution is 5.91. The molecule has 1 aromatic rings. The lowest BCUT2D eigenvalue weighted by Gasteiger charge is -2.10. The van der Waals surface area contributed by atoms with Gasteiger partial charge in [-0.05, 0) is 12.1 Å². The van der Waals surface area contributed by atoms with Gasteiger partial charge in [-0.3, -0.25) is 16.5 Å². The van der Waals surface area contributed by atoms with Crippen molar-refractivity contribution in [2.24, 2.45) is 11.5 Å². The second-order valence-electron chi connectivity index (χ2n) is 3.75. The molecule has 0 aromatic heterocycles. The Morgan fingerprint density at radius 3 is 2.25 bits per heavy atom. The first kappa shape index (κ1) is 15.4. The molecule has 0 fully saturated rings. The van der Waals surface area contributed by atoms with E-state index in [4.69, 9.17) is 25.7 Å². The average Bonchev–Trinajstić information content (AvgIpc) is 2.43. The maximum atomic E-state index is 11.8. The van der Waals surface area contributed by atoms with Gasteiger partial charge in [0.05, 0.1) is 26.3 Å². The van der Waals surface area contributed by atoms with Crippen LogP contribution in [0.25, 0.3) is 0 Å². The molecule has 20 heavy (non-hydrogen) atoms. The van der Waals surface area contributed by atoms with Gasteiger partial charge in [-0.1, -0.05) is 0 Å². The smallest absolute Gasteiger partial charge is 0.338 e. The third kappa shape index (κ3) is 3.94. The van der Waals surface area contributed by atoms with Gasteiger partial charge in [0.15, 0.2) is 11.5 Å². The van der Waals surface area contributed by atoms with Crippen molar-refractivity contribution in [3.05, 3.63) is 17.7 Å². The number of esters is 1. The molecule has 0 radical (unpaired) electrons. The molecule has 0 aliphatic rings. The fraction of sp³-hybridized carbons (Fsp3) is 0.333. The van der Waals surface area contributed by atoms with E-state index in [1.807, 2.05) is 0 Å². The van der Waals surface area contributed by atoms with Gasteiger partial charge in [-0.25, -0.2) is 4.79 Å². The van der Waals surface area contributed by atoms with Gasteiger partial charge in [0.2, 0.25) is 5.75 Å². The fourth-order valence-electron chi connectivity index (χ4n) is 1.43. The van der Waals surface area contributed by atoms with E-state index in [1.165, 1.54) is 26.4 Å². The third-order valence-electron chi connectivity index (χ3n) is 2.38. The molecule has 0 saturated heterocycles. The lowest BCUT2D eigenvalue weighted by Crippen LogP contribution is -2.79. The number of carbonyl (C=O) groups is 1. The molecule has 1 aromatic carbocycles. The number of phenols is 1. The summed E-state index contributed by atoms with van der Waals surface area (Å²) >= 11 is 0. The van der Waals surface area contributed by atoms with Crippen LogP contribution in [0.4, 0.5) is 0 Å². The summed E-state index contributed by atoms with van der Waals surface area (Å²) in [7, 11) is 2.74. The van der Waals surface area contributed by atoms with Crippen LogP contribution in [-0.2, 0) is 4.74 Å². The first-order valence-corrected chi connectivity index (χ1v) is 5.73. The molecule has 8 nitrogen and oxygen atoms in total. The van der Waals surface area contributed by atoms with Crippen molar-refractivity contribution >= 4 is 11.9 Å². The Morgan fingerprint density at radius 2 is 1.80 bits per heavy atom. The number of phenolic OH excluding ortho intramolecular Hbond substituents is 1. The van der Waals surface area contributed by atoms with Crippen LogP contribution in [0.1, 0.15) is 10.4 Å². The number of carbonyl (C=O) groups excluding carboxylic acids is 1. The normalized spacial score (nSPS) is 9.70. The number of benzene rings is 1. The predicted molar refractivity (Wildman–Crippen MR) is 70.7 cm³/mol. The number of aromatic hydroxyl groups is 1. The Morgan fingerprint density at radius 1 is 1.25 bits per heavy atom. The summed E-state index contributed by atoms with van der Waals surface area (Å²) in [5.41, 5.74) is 10.6. The molecule has 0 aliphatic carbocycles. The van der Waals surface area contributed by atoms with E-state index >= 15 is 0 Å². The number of hydrogen-bond donors (Lipinski definition) is 4. The van der Waals surface area contributed by atoms with Gasteiger partial charge in [0, 0.05) is 0 Å². The summed E-state index contributed by atoms with van der Waals surface area (Å²) in [4.78, 5) is 14.4. The van der Waals surface area contributed by atoms with Gasteiger partial charge in [-0.2, -0.15) is 0 Å². The van der Waals surface area contributed by atoms with Crippen molar-refractivity contribution in [2.45, 2.75) is 0 Å². The molecule has 0 saturated carbocycles. The van der Waals surface area contributed by atoms with Crippen LogP contribution in [0.5, 0.6) is 17.2 Å². The standard InChI is InChI=1S/C12H17N3O5/c1-18-8-5-7(6-9(19-2)10(8)16)11(17)20-4-3-15-12(13)14/h5-6,16H,3-4H2,1-2H3,(H4,13,14,15)/p+1. The highest BCUT2D eigenvalue weighted by Crippen LogP contribution is 2.37. The maximum Gasteiger partial charge on any atom is 0.338 e. The van der Waals surface area contributed by atoms with Gasteiger partial charge < -0.3 is 19.3 Å². The van der Waals surface area contributed by atoms with Crippen LogP contribution in [0.2, 0.25) is 0 Å². The van der Waals surface area contributed by atoms with Crippen LogP contribution in [0, 0.1) is 0 Å². The van der Waals surface area contributed by atoms with E-state index < -0.39 is 5.97 Å². The zero-order valence-corrected chi connectivity index (χ0v) is 11.3. The first-order valence-electron chi connectivity index (χ1n) is 5.73. The molecule has 0 unspecified atom stereocenters. The van der Waals surface area contributed by atoms with Gasteiger partial charge >= 0.3 is 11.9 Å². The second kappa shape index (κ2) is 7.07. The predicted octanol–water partition coefficient (Wildman–Crippen LogP) is -2.08. The van der Waals surface area contributed by atoms with Crippen LogP contribution in [0.15, 0.2) is 12.1 Å². The van der Waals surface area contributed by atoms with Crippen molar-refractivity contribution in [1.29, 1.82) is 0 Å². The second-order valence-corrected chi connectivity index (χ2v) is 3.75. The van der Waals surface area contributed by atoms with Crippen molar-refractivity contribution in [1.82, 2.24) is 0 Å². The summed E-state index contributed by atoms with van der Waals surface area (Å²) in [6.45, 7) is 0.378. The number of nitrogens with one attached hydrogen (secondary N) is 1. The zero-order chi connectivity index (χ0) is 15.1. The summed E-state index contributed by atoms with van der Waals surface area (Å²) < 4.78 is 14.9. The van der Waals surface area contributed by atoms with Crippen LogP contribution >= 0.6 is 0 Å². The highest BCUT2D eigenvalue weighted by atomic mass is 16.5. The summed E-state index contributed by atoms with van der Waals surface area (Å²) in [5.74, 6) is -0.477. The van der Waals surface area contributed by atoms with E-state index in [1.54, 1.807) is 0 Å². The summed E-state index contributed by atoms with van der Waals surface area (Å²) in [5, 5.41) is 9.73. The molecular weight excluding hydrogens is 266 g/mol. The largest absolute Gasteiger partial charge is 0.502 e. The van der Waals surface area contributed by atoms with Crippen LogP contribution in [0.3, 0.4) is 0 Å². The zero-order valence-electron chi connectivity index (χ0n) is 11.3. The lowest BCUT2D eigenvalue weighted by atomic mass is 10.2. The molecule has 0 aliphatic heterocycles. The van der Waals surface area contributed by atoms with E-state index in [0.717, 1.165) is 0 Å². The molecule has 0 spiro atoms. The van der Waals surface area contributed by atoms with Gasteiger partial charge in [-0.15, -0.1) is 0 Å². The first-order chi connectivity index (χ1) is 9.49. The molecular formula is C12H18N3O5+. The van der Waals surface area contributed by atoms with E-state index in [-0.39, 0.29) is 35.4 Å². The van der Waals surface area contributed by atoms with Crippen molar-refractivity contribution in [2.75, 3.05) is 27.4 Å². The van der Waals surface area contributed by atoms with Crippen molar-refractivity contribution in [3.8, 4) is 17.2 Å². The Bertz CT molecular complexity index is 487. The van der Waals surface area contributed by atoms with E-state index in [0.29, 0.717) is 6.54 Å². The highest BCUT2D eigenvalue weighted by Gasteiger charge is 2.16. The fourth-order valence-corrected chi connectivity index (χ4v) is 1.43. The maximum absolute atomic E-state index is 11.8. The minimum absolute atomic E-state index is 0.0500. The Kier molecular flexibility index (Phi) is 5.45. The number of nitrogens with two attached hydrogens (primary N) is 2. The number of ether oxygens (including phenoxy) is 3. The molecule has 0 atom stereocenters. The van der Waals surface area contributed by atoms with E-state index in [9.17, 15) is 9.90 Å². The SMILES string of the molecule is COc1cc(C(=O)OCC[NH+]=C(N)N)cc(OC)c1O. The quantitative estimate of drug-likeness (QED) is 0.204. The Labute approximate surface area is 115 Å². The Balaban J connectivity index is 2.80. The number of methoxy groups -OCH3 is 2. The van der Waals surface area contributed by atoms with Crippen LogP contribution in [-0.4, -0.2) is 44.4 Å². The minimum atomic E-state index is -0.584. The minimum Gasteiger partial charge on any atom is -0.502 e.